The number of rotatable bonds is 4. The second kappa shape index (κ2) is 6.75. The molecule has 0 atom stereocenters. The van der Waals surface area contributed by atoms with Crippen molar-refractivity contribution < 1.29 is 4.79 Å². The first-order valence-corrected chi connectivity index (χ1v) is 5.79. The van der Waals surface area contributed by atoms with Crippen molar-refractivity contribution in [2.45, 2.75) is 27.2 Å². The van der Waals surface area contributed by atoms with Gasteiger partial charge in [-0.15, -0.1) is 12.4 Å². The molecule has 0 unspecified atom stereocenters. The average molecular weight is 275 g/mol. The lowest BCUT2D eigenvalue weighted by atomic mass is 9.91. The molecule has 1 aromatic rings. The predicted octanol–water partition coefficient (Wildman–Crippen LogP) is 1.59. The highest BCUT2D eigenvalue weighted by molar-refractivity contribution is 5.91. The second-order valence-electron chi connectivity index (χ2n) is 5.46. The molecule has 104 valence electrons. The Morgan fingerprint density at radius 2 is 2.06 bits per heavy atom. The summed E-state index contributed by atoms with van der Waals surface area (Å²) >= 11 is 0. The van der Waals surface area contributed by atoms with Crippen molar-refractivity contribution in [1.29, 1.82) is 0 Å². The molecule has 1 heterocycles. The minimum absolute atomic E-state index is 0. The fourth-order valence-electron chi connectivity index (χ4n) is 1.62. The minimum Gasteiger partial charge on any atom is -0.311 e. The summed E-state index contributed by atoms with van der Waals surface area (Å²) in [4.78, 5) is 11.4. The molecule has 6 heteroatoms. The van der Waals surface area contributed by atoms with E-state index in [0.717, 1.165) is 17.9 Å². The van der Waals surface area contributed by atoms with Gasteiger partial charge in [-0.25, -0.2) is 0 Å². The van der Waals surface area contributed by atoms with E-state index >= 15 is 0 Å². The summed E-state index contributed by atoms with van der Waals surface area (Å²) < 4.78 is 1.70. The number of likely N-dealkylation sites (N-methyl/N-ethyl adjacent to an activating group) is 1. The van der Waals surface area contributed by atoms with Gasteiger partial charge in [-0.1, -0.05) is 20.8 Å². The molecule has 0 spiro atoms. The van der Waals surface area contributed by atoms with Gasteiger partial charge in [0.15, 0.2) is 0 Å². The number of halogens is 1. The molecular formula is C12H23ClN4O. The van der Waals surface area contributed by atoms with Crippen LogP contribution in [0.5, 0.6) is 0 Å². The minimum atomic E-state index is -0.0576. The molecule has 2 N–H and O–H groups in total. The molecule has 1 amide bonds. The van der Waals surface area contributed by atoms with Crippen LogP contribution in [0.3, 0.4) is 0 Å². The zero-order valence-corrected chi connectivity index (χ0v) is 12.5. The molecule has 5 nitrogen and oxygen atoms in total. The Balaban J connectivity index is 0.00000289. The maximum absolute atomic E-state index is 11.4. The number of hydrogen-bond acceptors (Lipinski definition) is 3. The highest BCUT2D eigenvalue weighted by Gasteiger charge is 2.15. The summed E-state index contributed by atoms with van der Waals surface area (Å²) in [6.45, 7) is 6.81. The number of hydrogen-bond donors (Lipinski definition) is 2. The van der Waals surface area contributed by atoms with Gasteiger partial charge in [0.05, 0.1) is 12.2 Å². The normalized spacial score (nSPS) is 10.9. The third-order valence-corrected chi connectivity index (χ3v) is 2.25. The predicted molar refractivity (Wildman–Crippen MR) is 76.2 cm³/mol. The molecule has 0 aliphatic carbocycles. The molecule has 18 heavy (non-hydrogen) atoms. The van der Waals surface area contributed by atoms with Gasteiger partial charge in [0.25, 0.3) is 0 Å². The van der Waals surface area contributed by atoms with E-state index in [9.17, 15) is 4.79 Å². The van der Waals surface area contributed by atoms with Crippen LogP contribution >= 0.6 is 12.4 Å². The number of aromatic nitrogens is 2. The Morgan fingerprint density at radius 1 is 1.44 bits per heavy atom. The molecule has 0 radical (unpaired) electrons. The molecule has 0 fully saturated rings. The van der Waals surface area contributed by atoms with Gasteiger partial charge in [-0.3, -0.25) is 9.48 Å². The highest BCUT2D eigenvalue weighted by atomic mass is 35.5. The van der Waals surface area contributed by atoms with Crippen molar-refractivity contribution in [2.24, 2.45) is 12.5 Å². The summed E-state index contributed by atoms with van der Waals surface area (Å²) in [6.07, 6.45) is 0.892. The Hall–Kier alpha value is -1.07. The van der Waals surface area contributed by atoms with E-state index in [1.807, 2.05) is 13.1 Å². The zero-order valence-electron chi connectivity index (χ0n) is 11.7. The van der Waals surface area contributed by atoms with Crippen LogP contribution in [0.1, 0.15) is 26.5 Å². The summed E-state index contributed by atoms with van der Waals surface area (Å²) in [5.74, 6) is 0.683. The van der Waals surface area contributed by atoms with Crippen molar-refractivity contribution in [2.75, 3.05) is 18.9 Å². The molecule has 0 saturated carbocycles. The lowest BCUT2D eigenvalue weighted by Gasteiger charge is -2.15. The number of carbonyl (C=O) groups is 1. The first-order chi connectivity index (χ1) is 7.81. The zero-order chi connectivity index (χ0) is 13.1. The maximum atomic E-state index is 11.4. The van der Waals surface area contributed by atoms with Crippen molar-refractivity contribution in [1.82, 2.24) is 15.1 Å². The lowest BCUT2D eigenvalue weighted by molar-refractivity contribution is -0.115. The standard InChI is InChI=1S/C12H22N4O.ClH/c1-12(2,3)7-9-6-10(16(5)15-9)14-11(17)8-13-4;/h6,13H,7-8H2,1-5H3,(H,14,17);1H. The summed E-state index contributed by atoms with van der Waals surface area (Å²) in [6, 6.07) is 1.93. The Morgan fingerprint density at radius 3 is 2.56 bits per heavy atom. The Labute approximate surface area is 115 Å². The third-order valence-electron chi connectivity index (χ3n) is 2.25. The number of nitrogens with zero attached hydrogens (tertiary/aromatic N) is 2. The fraction of sp³-hybridized carbons (Fsp3) is 0.667. The number of amides is 1. The van der Waals surface area contributed by atoms with Crippen LogP contribution in [0.4, 0.5) is 5.82 Å². The molecule has 0 saturated heterocycles. The van der Waals surface area contributed by atoms with Gasteiger partial charge < -0.3 is 10.6 Å². The van der Waals surface area contributed by atoms with E-state index in [2.05, 4.69) is 36.5 Å². The summed E-state index contributed by atoms with van der Waals surface area (Å²) in [5.41, 5.74) is 1.19. The number of carbonyl (C=O) groups excluding carboxylic acids is 1. The highest BCUT2D eigenvalue weighted by Crippen LogP contribution is 2.21. The number of aryl methyl sites for hydroxylation is 1. The maximum Gasteiger partial charge on any atom is 0.239 e. The Bertz CT molecular complexity index is 395. The van der Waals surface area contributed by atoms with Crippen LogP contribution < -0.4 is 10.6 Å². The van der Waals surface area contributed by atoms with E-state index < -0.39 is 0 Å². The van der Waals surface area contributed by atoms with Crippen LogP contribution in [-0.4, -0.2) is 29.3 Å². The number of nitrogens with one attached hydrogen (secondary N) is 2. The smallest absolute Gasteiger partial charge is 0.239 e. The summed E-state index contributed by atoms with van der Waals surface area (Å²) in [7, 11) is 3.58. The molecule has 0 bridgehead atoms. The fourth-order valence-corrected chi connectivity index (χ4v) is 1.62. The van der Waals surface area contributed by atoms with E-state index in [1.165, 1.54) is 0 Å². The first kappa shape index (κ1) is 16.9. The average Bonchev–Trinajstić information content (AvgIpc) is 2.43. The number of anilines is 1. The van der Waals surface area contributed by atoms with Gasteiger partial charge in [-0.2, -0.15) is 5.10 Å². The quantitative estimate of drug-likeness (QED) is 0.877. The monoisotopic (exact) mass is 274 g/mol. The lowest BCUT2D eigenvalue weighted by Crippen LogP contribution is -2.25. The van der Waals surface area contributed by atoms with Crippen molar-refractivity contribution in [3.8, 4) is 0 Å². The van der Waals surface area contributed by atoms with Gasteiger partial charge in [-0.05, 0) is 18.9 Å². The molecule has 0 aromatic carbocycles. The largest absolute Gasteiger partial charge is 0.311 e. The third kappa shape index (κ3) is 5.51. The van der Waals surface area contributed by atoms with Crippen molar-refractivity contribution >= 4 is 24.1 Å². The van der Waals surface area contributed by atoms with Crippen LogP contribution in [0.2, 0.25) is 0 Å². The second-order valence-corrected chi connectivity index (χ2v) is 5.46. The van der Waals surface area contributed by atoms with Crippen LogP contribution in [-0.2, 0) is 18.3 Å². The van der Waals surface area contributed by atoms with Crippen molar-refractivity contribution in [3.05, 3.63) is 11.8 Å². The molecule has 1 aromatic heterocycles. The molecule has 0 aliphatic rings. The molecule has 0 aliphatic heterocycles. The van der Waals surface area contributed by atoms with Crippen LogP contribution in [0, 0.1) is 5.41 Å². The first-order valence-electron chi connectivity index (χ1n) is 5.79. The van der Waals surface area contributed by atoms with Crippen molar-refractivity contribution in [3.63, 3.8) is 0 Å². The van der Waals surface area contributed by atoms with Crippen LogP contribution in [0.25, 0.3) is 0 Å². The topological polar surface area (TPSA) is 59.0 Å². The molecular weight excluding hydrogens is 252 g/mol. The van der Waals surface area contributed by atoms with Gasteiger partial charge in [0.1, 0.15) is 5.82 Å². The van der Waals surface area contributed by atoms with E-state index in [4.69, 9.17) is 0 Å². The van der Waals surface area contributed by atoms with E-state index in [1.54, 1.807) is 11.7 Å². The van der Waals surface area contributed by atoms with E-state index in [-0.39, 0.29) is 23.7 Å². The van der Waals surface area contributed by atoms with Gasteiger partial charge in [0.2, 0.25) is 5.91 Å². The Kier molecular flexibility index (Phi) is 6.35. The van der Waals surface area contributed by atoms with Gasteiger partial charge >= 0.3 is 0 Å². The van der Waals surface area contributed by atoms with Gasteiger partial charge in [0, 0.05) is 13.1 Å². The van der Waals surface area contributed by atoms with E-state index in [0.29, 0.717) is 6.54 Å². The SMILES string of the molecule is CNCC(=O)Nc1cc(CC(C)(C)C)nn1C.Cl. The summed E-state index contributed by atoms with van der Waals surface area (Å²) in [5, 5.41) is 10.0. The molecule has 1 rings (SSSR count). The van der Waals surface area contributed by atoms with Crippen LogP contribution in [0.15, 0.2) is 6.07 Å².